The van der Waals surface area contributed by atoms with Crippen LogP contribution < -0.4 is 26.6 Å². The van der Waals surface area contributed by atoms with Crippen molar-refractivity contribution in [3.63, 3.8) is 0 Å². The molecule has 0 aliphatic carbocycles. The molecule has 0 radical (unpaired) electrons. The number of aliphatic carboxylic acids is 1. The van der Waals surface area contributed by atoms with Crippen LogP contribution in [0, 0.1) is 0 Å². The van der Waals surface area contributed by atoms with Gasteiger partial charge in [-0.05, 0) is 46.9 Å². The number of halogens is 1. The Kier molecular flexibility index (Phi) is 11.8. The maximum Gasteiger partial charge on any atom is 0.323 e. The Bertz CT molecular complexity index is 1830. The van der Waals surface area contributed by atoms with Gasteiger partial charge in [0.1, 0.15) is 30.4 Å². The number of carbonyl (C=O) groups excluding carboxylic acids is 1. The number of benzene rings is 3. The number of fused-ring (bicyclic) bond motifs is 1. The number of anilines is 1. The molecule has 2 aliphatic rings. The number of para-hydroxylation sites is 1. The number of phenols is 1. The SMILES string of the molecule is CC(C)(C)c1cc(Br)cc(C(NC(=O)CNC(O)c2cc(O)cc(NC3=NCC(O)CN3)c2)[C@H](NC(O)C2=Nc3ccccc3C2O)C(=O)O)c1. The predicted octanol–water partition coefficient (Wildman–Crippen LogP) is 1.80. The first-order valence-electron chi connectivity index (χ1n) is 16.2. The standard InChI is InChI=1S/C35H42BrN7O8/c1-35(2,3)19-8-17(9-20(36)12-19)27(28(33(50)51)43-32(49)29-30(47)24-6-4-5-7-25(24)41-29)42-26(46)16-37-31(48)18-10-21(13-22(44)11-18)40-34-38-14-23(45)15-39-34/h4-13,23,27-28,30-32,37,43-45,47-49H,14-16H2,1-3H3,(H,42,46)(H,50,51)(H2,38,39,40)/t27?,28-,30?,31?,32?/m0/s1. The van der Waals surface area contributed by atoms with Crippen LogP contribution in [-0.4, -0.2) is 92.2 Å². The Labute approximate surface area is 302 Å². The lowest BCUT2D eigenvalue weighted by atomic mass is 9.84. The molecular formula is C35H42BrN7O8. The van der Waals surface area contributed by atoms with E-state index in [0.717, 1.165) is 5.56 Å². The van der Waals surface area contributed by atoms with E-state index in [2.05, 4.69) is 52.5 Å². The number of rotatable bonds is 12. The summed E-state index contributed by atoms with van der Waals surface area (Å²) in [6, 6.07) is 13.4. The number of aliphatic hydroxyl groups excluding tert-OH is 4. The molecule has 3 aromatic carbocycles. The molecular weight excluding hydrogens is 726 g/mol. The van der Waals surface area contributed by atoms with E-state index >= 15 is 0 Å². The van der Waals surface area contributed by atoms with E-state index < -0.39 is 55.2 Å². The smallest absolute Gasteiger partial charge is 0.323 e. The van der Waals surface area contributed by atoms with Crippen LogP contribution in [0.15, 0.2) is 75.1 Å². The highest BCUT2D eigenvalue weighted by Crippen LogP contribution is 2.35. The number of carbonyl (C=O) groups is 2. The number of amides is 1. The van der Waals surface area contributed by atoms with Crippen LogP contribution in [0.25, 0.3) is 0 Å². The summed E-state index contributed by atoms with van der Waals surface area (Å²) in [5, 5.41) is 77.3. The number of carboxylic acids is 1. The fourth-order valence-corrected chi connectivity index (χ4v) is 6.20. The van der Waals surface area contributed by atoms with Crippen molar-refractivity contribution in [1.29, 1.82) is 0 Å². The molecule has 11 N–H and O–H groups in total. The quantitative estimate of drug-likeness (QED) is 0.118. The fraction of sp³-hybridized carbons (Fsp3) is 0.371. The van der Waals surface area contributed by atoms with Crippen molar-refractivity contribution in [3.8, 4) is 5.75 Å². The maximum absolute atomic E-state index is 13.5. The van der Waals surface area contributed by atoms with Crippen LogP contribution in [0.4, 0.5) is 11.4 Å². The minimum Gasteiger partial charge on any atom is -0.508 e. The fourth-order valence-electron chi connectivity index (χ4n) is 5.69. The highest BCUT2D eigenvalue weighted by Gasteiger charge is 2.37. The zero-order valence-electron chi connectivity index (χ0n) is 28.1. The van der Waals surface area contributed by atoms with Gasteiger partial charge in [0.05, 0.1) is 36.6 Å². The average molecular weight is 769 g/mol. The number of phenolic OH excluding ortho intramolecular Hbond substituents is 1. The molecule has 5 rings (SSSR count). The molecule has 0 spiro atoms. The Morgan fingerprint density at radius 1 is 1.02 bits per heavy atom. The number of β-amino-alcohol motifs (C(OH)–C–C–N with tert-alkyl or cyclic N) is 1. The van der Waals surface area contributed by atoms with Gasteiger partial charge in [-0.15, -0.1) is 0 Å². The van der Waals surface area contributed by atoms with E-state index in [9.17, 15) is 40.2 Å². The third-order valence-electron chi connectivity index (χ3n) is 8.38. The molecule has 2 heterocycles. The third-order valence-corrected chi connectivity index (χ3v) is 8.84. The topological polar surface area (TPSA) is 240 Å². The highest BCUT2D eigenvalue weighted by atomic mass is 79.9. The molecule has 1 amide bonds. The number of hydrogen-bond acceptors (Lipinski definition) is 13. The van der Waals surface area contributed by atoms with Crippen molar-refractivity contribution in [2.45, 2.75) is 62.9 Å². The summed E-state index contributed by atoms with van der Waals surface area (Å²) < 4.78 is 0.632. The molecule has 3 aromatic rings. The summed E-state index contributed by atoms with van der Waals surface area (Å²) in [7, 11) is 0. The van der Waals surface area contributed by atoms with Crippen LogP contribution in [0.1, 0.15) is 61.4 Å². The number of hydrogen-bond donors (Lipinski definition) is 11. The Balaban J connectivity index is 1.35. The van der Waals surface area contributed by atoms with Crippen LogP contribution in [0.3, 0.4) is 0 Å². The van der Waals surface area contributed by atoms with Crippen molar-refractivity contribution in [3.05, 3.63) is 87.4 Å². The maximum atomic E-state index is 13.5. The number of nitrogens with zero attached hydrogens (tertiary/aromatic N) is 2. The first-order valence-corrected chi connectivity index (χ1v) is 17.0. The lowest BCUT2D eigenvalue weighted by Gasteiger charge is -2.30. The number of aliphatic imine (C=N–C) groups is 2. The normalized spacial score (nSPS) is 19.5. The highest BCUT2D eigenvalue weighted by molar-refractivity contribution is 9.10. The molecule has 15 nitrogen and oxygen atoms in total. The monoisotopic (exact) mass is 767 g/mol. The van der Waals surface area contributed by atoms with Crippen molar-refractivity contribution in [1.82, 2.24) is 21.3 Å². The van der Waals surface area contributed by atoms with E-state index in [0.29, 0.717) is 32.9 Å². The van der Waals surface area contributed by atoms with Crippen molar-refractivity contribution in [2.75, 3.05) is 25.0 Å². The van der Waals surface area contributed by atoms with E-state index in [1.54, 1.807) is 36.4 Å². The van der Waals surface area contributed by atoms with Gasteiger partial charge >= 0.3 is 5.97 Å². The van der Waals surface area contributed by atoms with Crippen LogP contribution in [0.2, 0.25) is 0 Å². The van der Waals surface area contributed by atoms with Gasteiger partial charge in [0, 0.05) is 33.9 Å². The second-order valence-electron chi connectivity index (χ2n) is 13.4. The molecule has 0 aromatic heterocycles. The van der Waals surface area contributed by atoms with Crippen molar-refractivity contribution < 1.29 is 40.2 Å². The minimum absolute atomic E-state index is 0.0918. The second-order valence-corrected chi connectivity index (χ2v) is 14.3. The molecule has 0 bridgehead atoms. The third kappa shape index (κ3) is 9.48. The summed E-state index contributed by atoms with van der Waals surface area (Å²) in [6.45, 7) is 5.96. The van der Waals surface area contributed by atoms with Gasteiger partial charge in [-0.1, -0.05) is 61.0 Å². The molecule has 2 aliphatic heterocycles. The zero-order valence-corrected chi connectivity index (χ0v) is 29.7. The van der Waals surface area contributed by atoms with Crippen molar-refractivity contribution >= 4 is 50.9 Å². The molecule has 0 saturated carbocycles. The summed E-state index contributed by atoms with van der Waals surface area (Å²) in [4.78, 5) is 34.8. The molecule has 0 fully saturated rings. The summed E-state index contributed by atoms with van der Waals surface area (Å²) in [5.41, 5.74) is 2.31. The van der Waals surface area contributed by atoms with Gasteiger partial charge in [0.25, 0.3) is 0 Å². The summed E-state index contributed by atoms with van der Waals surface area (Å²) in [5.74, 6) is -1.89. The van der Waals surface area contributed by atoms with Gasteiger partial charge < -0.3 is 46.6 Å². The van der Waals surface area contributed by atoms with Gasteiger partial charge in [-0.3, -0.25) is 30.2 Å². The first kappa shape index (κ1) is 37.8. The summed E-state index contributed by atoms with van der Waals surface area (Å²) in [6.07, 6.45) is -5.02. The number of guanidine groups is 1. The van der Waals surface area contributed by atoms with E-state index in [1.807, 2.05) is 26.8 Å². The van der Waals surface area contributed by atoms with Crippen molar-refractivity contribution in [2.24, 2.45) is 9.98 Å². The Morgan fingerprint density at radius 2 is 1.76 bits per heavy atom. The minimum atomic E-state index is -1.70. The molecule has 272 valence electrons. The van der Waals surface area contributed by atoms with Crippen LogP contribution in [-0.2, 0) is 15.0 Å². The van der Waals surface area contributed by atoms with E-state index in [1.165, 1.54) is 18.2 Å². The van der Waals surface area contributed by atoms with Gasteiger partial charge in [0.2, 0.25) is 5.91 Å². The number of aliphatic hydroxyl groups is 4. The van der Waals surface area contributed by atoms with E-state index in [-0.39, 0.29) is 35.5 Å². The first-order chi connectivity index (χ1) is 24.1. The van der Waals surface area contributed by atoms with Gasteiger partial charge in [-0.2, -0.15) is 0 Å². The molecule has 6 atom stereocenters. The zero-order chi connectivity index (χ0) is 37.0. The number of aromatic hydroxyl groups is 1. The predicted molar refractivity (Wildman–Crippen MR) is 194 cm³/mol. The Hall–Kier alpha value is -4.42. The number of carboxylic acid groups (broad SMARTS) is 1. The summed E-state index contributed by atoms with van der Waals surface area (Å²) >= 11 is 3.50. The average Bonchev–Trinajstić information content (AvgIpc) is 3.41. The van der Waals surface area contributed by atoms with Crippen LogP contribution in [0.5, 0.6) is 5.75 Å². The number of nitrogens with one attached hydrogen (secondary N) is 5. The second kappa shape index (κ2) is 15.9. The van der Waals surface area contributed by atoms with Gasteiger partial charge in [0.15, 0.2) is 5.96 Å². The van der Waals surface area contributed by atoms with Gasteiger partial charge in [-0.25, -0.2) is 0 Å². The van der Waals surface area contributed by atoms with Crippen LogP contribution >= 0.6 is 15.9 Å². The molecule has 51 heavy (non-hydrogen) atoms. The molecule has 0 saturated heterocycles. The lowest BCUT2D eigenvalue weighted by molar-refractivity contribution is -0.141. The molecule has 16 heteroatoms. The lowest BCUT2D eigenvalue weighted by Crippen LogP contribution is -2.55. The molecule has 5 unspecified atom stereocenters. The van der Waals surface area contributed by atoms with E-state index in [4.69, 9.17) is 0 Å². The Morgan fingerprint density at radius 3 is 2.43 bits per heavy atom. The largest absolute Gasteiger partial charge is 0.508 e.